The van der Waals surface area contributed by atoms with Gasteiger partial charge >= 0.3 is 0 Å². The molecule has 6 heteroatoms. The summed E-state index contributed by atoms with van der Waals surface area (Å²) in [6.07, 6.45) is 4.42. The summed E-state index contributed by atoms with van der Waals surface area (Å²) < 4.78 is 39.7. The molecule has 0 unspecified atom stereocenters. The van der Waals surface area contributed by atoms with Crippen molar-refractivity contribution in [2.75, 3.05) is 14.2 Å². The summed E-state index contributed by atoms with van der Waals surface area (Å²) in [4.78, 5) is 4.33. The van der Waals surface area contributed by atoms with Crippen LogP contribution in [0, 0.1) is 11.6 Å². The average Bonchev–Trinajstić information content (AvgIpc) is 2.94. The van der Waals surface area contributed by atoms with Gasteiger partial charge in [0.05, 0.1) is 19.9 Å². The predicted molar refractivity (Wildman–Crippen MR) is 86.8 cm³/mol. The largest absolute Gasteiger partial charge is 0.494 e. The number of methoxy groups -OCH3 is 2. The van der Waals surface area contributed by atoms with E-state index in [0.717, 1.165) is 21.3 Å². The minimum atomic E-state index is -0.705. The maximum Gasteiger partial charge on any atom is 0.171 e. The quantitative estimate of drug-likeness (QED) is 0.789. The van der Waals surface area contributed by atoms with Gasteiger partial charge in [-0.1, -0.05) is 6.08 Å². The first kappa shape index (κ1) is 15.9. The van der Waals surface area contributed by atoms with Gasteiger partial charge in [0.2, 0.25) is 0 Å². The number of nitrogens with zero attached hydrogens (tertiary/aromatic N) is 1. The van der Waals surface area contributed by atoms with E-state index in [9.17, 15) is 8.78 Å². The summed E-state index contributed by atoms with van der Waals surface area (Å²) in [7, 11) is 2.68. The van der Waals surface area contributed by atoms with Gasteiger partial charge in [-0.25, -0.2) is 8.78 Å². The number of aromatic nitrogens is 1. The van der Waals surface area contributed by atoms with Crippen LogP contribution in [0.5, 0.6) is 11.5 Å². The molecule has 1 heterocycles. The summed E-state index contributed by atoms with van der Waals surface area (Å²) in [5, 5.41) is 0. The molecule has 3 nitrogen and oxygen atoms in total. The van der Waals surface area contributed by atoms with Gasteiger partial charge in [0, 0.05) is 40.7 Å². The van der Waals surface area contributed by atoms with Crippen LogP contribution in [-0.2, 0) is 12.8 Å². The number of ether oxygens (including phenoxy) is 2. The maximum absolute atomic E-state index is 14.5. The molecule has 0 saturated carbocycles. The monoisotopic (exact) mass is 381 g/mol. The van der Waals surface area contributed by atoms with Crippen molar-refractivity contribution in [3.63, 3.8) is 0 Å². The Labute approximate surface area is 141 Å². The molecule has 0 amide bonds. The Morgan fingerprint density at radius 3 is 2.39 bits per heavy atom. The molecule has 120 valence electrons. The lowest BCUT2D eigenvalue weighted by Gasteiger charge is -2.13. The minimum Gasteiger partial charge on any atom is -0.494 e. The molecule has 1 aliphatic rings. The highest BCUT2D eigenvalue weighted by molar-refractivity contribution is 9.10. The van der Waals surface area contributed by atoms with Crippen LogP contribution < -0.4 is 9.47 Å². The van der Waals surface area contributed by atoms with Crippen LogP contribution in [0.3, 0.4) is 0 Å². The molecule has 0 saturated heterocycles. The van der Waals surface area contributed by atoms with Crippen molar-refractivity contribution < 1.29 is 18.3 Å². The second-order valence-corrected chi connectivity index (χ2v) is 6.06. The van der Waals surface area contributed by atoms with E-state index in [1.807, 2.05) is 12.1 Å². The van der Waals surface area contributed by atoms with Gasteiger partial charge in [-0.05, 0) is 27.6 Å². The van der Waals surface area contributed by atoms with Gasteiger partial charge in [0.15, 0.2) is 23.1 Å². The van der Waals surface area contributed by atoms with E-state index in [1.54, 1.807) is 6.20 Å². The molecule has 0 N–H and O–H groups in total. The molecular formula is C17H14BrF2NO2. The second-order valence-electron chi connectivity index (χ2n) is 5.15. The third kappa shape index (κ3) is 2.83. The van der Waals surface area contributed by atoms with E-state index in [-0.39, 0.29) is 23.5 Å². The zero-order valence-corrected chi connectivity index (χ0v) is 14.2. The number of benzene rings is 1. The molecule has 1 aromatic carbocycles. The summed E-state index contributed by atoms with van der Waals surface area (Å²) in [6.45, 7) is 0. The lowest BCUT2D eigenvalue weighted by atomic mass is 9.99. The first-order valence-corrected chi connectivity index (χ1v) is 7.77. The standard InChI is InChI=1S/C17H14BrF2NO2/c1-22-14-7-15(23-2)17(20)12(16(14)19)5-9-3-4-13-11(9)6-10(18)8-21-13/h3,6-8H,4-5H2,1-2H3. The molecular weight excluding hydrogens is 368 g/mol. The van der Waals surface area contributed by atoms with Gasteiger partial charge in [0.1, 0.15) is 0 Å². The highest BCUT2D eigenvalue weighted by Crippen LogP contribution is 2.36. The number of halogens is 3. The fraction of sp³-hybridized carbons (Fsp3) is 0.235. The number of allylic oxidation sites excluding steroid dienone is 2. The topological polar surface area (TPSA) is 31.4 Å². The minimum absolute atomic E-state index is 0.0376. The van der Waals surface area contributed by atoms with Gasteiger partial charge in [0.25, 0.3) is 0 Å². The van der Waals surface area contributed by atoms with Crippen LogP contribution in [0.15, 0.2) is 28.9 Å². The molecule has 0 bridgehead atoms. The van der Waals surface area contributed by atoms with E-state index >= 15 is 0 Å². The van der Waals surface area contributed by atoms with E-state index in [2.05, 4.69) is 20.9 Å². The second kappa shape index (κ2) is 6.28. The highest BCUT2D eigenvalue weighted by Gasteiger charge is 2.24. The van der Waals surface area contributed by atoms with E-state index < -0.39 is 11.6 Å². The smallest absolute Gasteiger partial charge is 0.171 e. The number of hydrogen-bond acceptors (Lipinski definition) is 3. The molecule has 1 aliphatic carbocycles. The molecule has 23 heavy (non-hydrogen) atoms. The maximum atomic E-state index is 14.5. The van der Waals surface area contributed by atoms with Gasteiger partial charge in [-0.15, -0.1) is 0 Å². The van der Waals surface area contributed by atoms with Gasteiger partial charge in [-0.2, -0.15) is 0 Å². The van der Waals surface area contributed by atoms with Crippen LogP contribution in [0.25, 0.3) is 5.57 Å². The Balaban J connectivity index is 2.04. The lowest BCUT2D eigenvalue weighted by Crippen LogP contribution is -2.03. The average molecular weight is 382 g/mol. The van der Waals surface area contributed by atoms with Crippen molar-refractivity contribution in [1.82, 2.24) is 4.98 Å². The van der Waals surface area contributed by atoms with E-state index in [4.69, 9.17) is 9.47 Å². The van der Waals surface area contributed by atoms with Crippen molar-refractivity contribution in [2.45, 2.75) is 12.8 Å². The Hall–Kier alpha value is -1.95. The zero-order valence-electron chi connectivity index (χ0n) is 12.6. The van der Waals surface area contributed by atoms with Gasteiger partial charge in [-0.3, -0.25) is 4.98 Å². The first-order chi connectivity index (χ1) is 11.0. The molecule has 0 fully saturated rings. The summed E-state index contributed by atoms with van der Waals surface area (Å²) in [6, 6.07) is 3.12. The van der Waals surface area contributed by atoms with Crippen LogP contribution >= 0.6 is 15.9 Å². The van der Waals surface area contributed by atoms with E-state index in [1.165, 1.54) is 20.3 Å². The van der Waals surface area contributed by atoms with Crippen molar-refractivity contribution >= 4 is 21.5 Å². The molecule has 3 rings (SSSR count). The SMILES string of the molecule is COc1cc(OC)c(F)c(CC2=CCc3ncc(Br)cc32)c1F. The van der Waals surface area contributed by atoms with Crippen LogP contribution in [0.4, 0.5) is 8.78 Å². The highest BCUT2D eigenvalue weighted by atomic mass is 79.9. The third-order valence-corrected chi connectivity index (χ3v) is 4.29. The molecule has 0 spiro atoms. The Morgan fingerprint density at radius 1 is 1.13 bits per heavy atom. The lowest BCUT2D eigenvalue weighted by molar-refractivity contribution is 0.354. The van der Waals surface area contributed by atoms with E-state index in [0.29, 0.717) is 6.42 Å². The number of rotatable bonds is 4. The number of fused-ring (bicyclic) bond motifs is 1. The molecule has 0 atom stereocenters. The molecule has 0 radical (unpaired) electrons. The normalized spacial score (nSPS) is 12.8. The molecule has 0 aliphatic heterocycles. The van der Waals surface area contributed by atoms with Crippen molar-refractivity contribution in [3.8, 4) is 11.5 Å². The predicted octanol–water partition coefficient (Wildman–Crippen LogP) is 4.32. The summed E-state index contributed by atoms with van der Waals surface area (Å²) >= 11 is 3.37. The van der Waals surface area contributed by atoms with Crippen LogP contribution in [-0.4, -0.2) is 19.2 Å². The Bertz CT molecular complexity index is 777. The van der Waals surface area contributed by atoms with Crippen LogP contribution in [0.1, 0.15) is 16.8 Å². The fourth-order valence-corrected chi connectivity index (χ4v) is 3.02. The van der Waals surface area contributed by atoms with Crippen molar-refractivity contribution in [1.29, 1.82) is 0 Å². The summed E-state index contributed by atoms with van der Waals surface area (Å²) in [5.74, 6) is -1.49. The van der Waals surface area contributed by atoms with Crippen molar-refractivity contribution in [3.05, 3.63) is 57.3 Å². The molecule has 2 aromatic rings. The number of hydrogen-bond donors (Lipinski definition) is 0. The Kier molecular flexibility index (Phi) is 4.35. The van der Waals surface area contributed by atoms with Crippen molar-refractivity contribution in [2.24, 2.45) is 0 Å². The zero-order chi connectivity index (χ0) is 16.6. The number of pyridine rings is 1. The fourth-order valence-electron chi connectivity index (χ4n) is 2.69. The van der Waals surface area contributed by atoms with Crippen LogP contribution in [0.2, 0.25) is 0 Å². The first-order valence-electron chi connectivity index (χ1n) is 6.97. The summed E-state index contributed by atoms with van der Waals surface area (Å²) in [5.41, 5.74) is 2.57. The molecule has 1 aromatic heterocycles. The van der Waals surface area contributed by atoms with Gasteiger partial charge < -0.3 is 9.47 Å². The third-order valence-electron chi connectivity index (χ3n) is 3.86. The Morgan fingerprint density at radius 2 is 1.78 bits per heavy atom.